The molecule has 114 valence electrons. The Balaban J connectivity index is 2.17. The molecule has 1 aromatic carbocycles. The second-order valence-corrected chi connectivity index (χ2v) is 5.07. The molecule has 0 spiro atoms. The van der Waals surface area contributed by atoms with E-state index in [0.29, 0.717) is 11.3 Å². The van der Waals surface area contributed by atoms with Crippen molar-refractivity contribution in [1.82, 2.24) is 0 Å². The van der Waals surface area contributed by atoms with Crippen LogP contribution in [-0.4, -0.2) is 12.3 Å². The van der Waals surface area contributed by atoms with Gasteiger partial charge in [0.2, 0.25) is 0 Å². The van der Waals surface area contributed by atoms with Crippen LogP contribution in [0.2, 0.25) is 0 Å². The first-order valence-electron chi connectivity index (χ1n) is 7.70. The van der Waals surface area contributed by atoms with Crippen LogP contribution in [0.15, 0.2) is 36.4 Å². The van der Waals surface area contributed by atoms with Gasteiger partial charge in [-0.15, -0.1) is 0 Å². The van der Waals surface area contributed by atoms with E-state index in [9.17, 15) is 9.59 Å². The summed E-state index contributed by atoms with van der Waals surface area (Å²) in [5.41, 5.74) is 0.563. The zero-order valence-corrected chi connectivity index (χ0v) is 12.7. The molecular weight excluding hydrogens is 264 g/mol. The molecule has 3 heteroatoms. The average molecular weight is 288 g/mol. The Morgan fingerprint density at radius 2 is 1.71 bits per heavy atom. The molecule has 0 saturated carbocycles. The molecule has 21 heavy (non-hydrogen) atoms. The molecule has 0 amide bonds. The maximum absolute atomic E-state index is 11.6. The number of ether oxygens (including phenoxy) is 1. The van der Waals surface area contributed by atoms with E-state index in [1.54, 1.807) is 24.3 Å². The van der Waals surface area contributed by atoms with Gasteiger partial charge in [-0.05, 0) is 37.1 Å². The van der Waals surface area contributed by atoms with Gasteiger partial charge in [0.1, 0.15) is 12.0 Å². The van der Waals surface area contributed by atoms with Gasteiger partial charge in [-0.1, -0.05) is 45.1 Å². The molecule has 0 aromatic heterocycles. The van der Waals surface area contributed by atoms with Crippen molar-refractivity contribution in [1.29, 1.82) is 0 Å². The summed E-state index contributed by atoms with van der Waals surface area (Å²) in [6, 6.07) is 6.47. The highest BCUT2D eigenvalue weighted by Crippen LogP contribution is 2.12. The Bertz CT molecular complexity index is 446. The number of esters is 1. The molecule has 3 nitrogen and oxygen atoms in total. The number of allylic oxidation sites excluding steroid dienone is 1. The summed E-state index contributed by atoms with van der Waals surface area (Å²) in [6.07, 6.45) is 12.5. The summed E-state index contributed by atoms with van der Waals surface area (Å²) < 4.78 is 5.13. The minimum Gasteiger partial charge on any atom is -0.423 e. The molecule has 0 bridgehead atoms. The number of carbonyl (C=O) groups excluding carboxylic acids is 2. The number of benzene rings is 1. The van der Waals surface area contributed by atoms with Crippen LogP contribution in [-0.2, 0) is 4.79 Å². The van der Waals surface area contributed by atoms with Crippen molar-refractivity contribution in [3.05, 3.63) is 42.0 Å². The van der Waals surface area contributed by atoms with E-state index < -0.39 is 0 Å². The third-order valence-electron chi connectivity index (χ3n) is 3.21. The van der Waals surface area contributed by atoms with Gasteiger partial charge in [-0.2, -0.15) is 0 Å². The minimum atomic E-state index is -0.375. The standard InChI is InChI=1S/C18H24O3/c1-2-3-4-5-6-7-8-9-10-18(20)21-17-13-11-16(15-19)12-14-17/h9-15H,2-8H2,1H3. The first kappa shape index (κ1) is 17.2. The number of hydrogen-bond donors (Lipinski definition) is 0. The Morgan fingerprint density at radius 1 is 1.05 bits per heavy atom. The van der Waals surface area contributed by atoms with E-state index in [1.165, 1.54) is 38.2 Å². The summed E-state index contributed by atoms with van der Waals surface area (Å²) in [4.78, 5) is 22.1. The number of rotatable bonds is 10. The minimum absolute atomic E-state index is 0.375. The molecule has 0 N–H and O–H groups in total. The smallest absolute Gasteiger partial charge is 0.335 e. The normalized spacial score (nSPS) is 10.7. The lowest BCUT2D eigenvalue weighted by molar-refractivity contribution is -0.129. The zero-order chi connectivity index (χ0) is 15.3. The second kappa shape index (κ2) is 10.8. The van der Waals surface area contributed by atoms with Gasteiger partial charge < -0.3 is 4.74 Å². The van der Waals surface area contributed by atoms with Gasteiger partial charge in [0.15, 0.2) is 0 Å². The van der Waals surface area contributed by atoms with Crippen LogP contribution in [0, 0.1) is 0 Å². The fourth-order valence-corrected chi connectivity index (χ4v) is 1.99. The summed E-state index contributed by atoms with van der Waals surface area (Å²) >= 11 is 0. The fourth-order valence-electron chi connectivity index (χ4n) is 1.99. The second-order valence-electron chi connectivity index (χ2n) is 5.07. The first-order chi connectivity index (χ1) is 10.3. The number of hydrogen-bond acceptors (Lipinski definition) is 3. The number of unbranched alkanes of at least 4 members (excludes halogenated alkanes) is 6. The highest BCUT2D eigenvalue weighted by Gasteiger charge is 2.00. The summed E-state index contributed by atoms with van der Waals surface area (Å²) in [5, 5.41) is 0. The maximum Gasteiger partial charge on any atom is 0.335 e. The Labute approximate surface area is 127 Å². The lowest BCUT2D eigenvalue weighted by Gasteiger charge is -2.01. The SMILES string of the molecule is CCCCCCCCC=CC(=O)Oc1ccc(C=O)cc1. The van der Waals surface area contributed by atoms with E-state index in [2.05, 4.69) is 6.92 Å². The number of carbonyl (C=O) groups is 2. The molecule has 0 fully saturated rings. The van der Waals surface area contributed by atoms with Crippen LogP contribution in [0.5, 0.6) is 5.75 Å². The monoisotopic (exact) mass is 288 g/mol. The Kier molecular flexibility index (Phi) is 8.85. The fraction of sp³-hybridized carbons (Fsp3) is 0.444. The molecule has 0 aliphatic heterocycles. The highest BCUT2D eigenvalue weighted by atomic mass is 16.5. The lowest BCUT2D eigenvalue weighted by Crippen LogP contribution is -2.03. The van der Waals surface area contributed by atoms with E-state index in [1.807, 2.05) is 6.08 Å². The Morgan fingerprint density at radius 3 is 2.38 bits per heavy atom. The van der Waals surface area contributed by atoms with Crippen LogP contribution in [0.3, 0.4) is 0 Å². The lowest BCUT2D eigenvalue weighted by atomic mass is 10.1. The molecule has 0 heterocycles. The quantitative estimate of drug-likeness (QED) is 0.206. The van der Waals surface area contributed by atoms with Crippen LogP contribution in [0.1, 0.15) is 62.2 Å². The van der Waals surface area contributed by atoms with Crippen molar-refractivity contribution in [3.63, 3.8) is 0 Å². The topological polar surface area (TPSA) is 43.4 Å². The molecule has 0 aliphatic carbocycles. The van der Waals surface area contributed by atoms with Crippen molar-refractivity contribution in [3.8, 4) is 5.75 Å². The number of aldehydes is 1. The van der Waals surface area contributed by atoms with Crippen LogP contribution in [0.4, 0.5) is 0 Å². The van der Waals surface area contributed by atoms with Crippen molar-refractivity contribution in [2.75, 3.05) is 0 Å². The molecule has 0 unspecified atom stereocenters. The molecule has 0 saturated heterocycles. The van der Waals surface area contributed by atoms with E-state index in [-0.39, 0.29) is 5.97 Å². The molecular formula is C18H24O3. The van der Waals surface area contributed by atoms with Crippen LogP contribution < -0.4 is 4.74 Å². The van der Waals surface area contributed by atoms with Crippen molar-refractivity contribution in [2.45, 2.75) is 51.9 Å². The van der Waals surface area contributed by atoms with Gasteiger partial charge in [-0.25, -0.2) is 4.79 Å². The van der Waals surface area contributed by atoms with Gasteiger partial charge in [0.05, 0.1) is 0 Å². The van der Waals surface area contributed by atoms with E-state index in [0.717, 1.165) is 19.1 Å². The average Bonchev–Trinajstić information content (AvgIpc) is 2.50. The zero-order valence-electron chi connectivity index (χ0n) is 12.7. The summed E-state index contributed by atoms with van der Waals surface area (Å²) in [5.74, 6) is 0.0784. The largest absolute Gasteiger partial charge is 0.423 e. The highest BCUT2D eigenvalue weighted by molar-refractivity contribution is 5.84. The molecule has 0 radical (unpaired) electrons. The third kappa shape index (κ3) is 8.08. The summed E-state index contributed by atoms with van der Waals surface area (Å²) in [7, 11) is 0. The predicted molar refractivity (Wildman–Crippen MR) is 84.6 cm³/mol. The van der Waals surface area contributed by atoms with Gasteiger partial charge >= 0.3 is 5.97 Å². The summed E-state index contributed by atoms with van der Waals surface area (Å²) in [6.45, 7) is 2.21. The molecule has 1 aromatic rings. The predicted octanol–water partition coefficient (Wildman–Crippen LogP) is 4.71. The van der Waals surface area contributed by atoms with Gasteiger partial charge in [0.25, 0.3) is 0 Å². The third-order valence-corrected chi connectivity index (χ3v) is 3.21. The molecule has 1 rings (SSSR count). The van der Waals surface area contributed by atoms with E-state index in [4.69, 9.17) is 4.74 Å². The van der Waals surface area contributed by atoms with Crippen molar-refractivity contribution >= 4 is 12.3 Å². The first-order valence-corrected chi connectivity index (χ1v) is 7.70. The van der Waals surface area contributed by atoms with Crippen LogP contribution >= 0.6 is 0 Å². The molecule has 0 aliphatic rings. The van der Waals surface area contributed by atoms with Crippen molar-refractivity contribution < 1.29 is 14.3 Å². The van der Waals surface area contributed by atoms with Crippen LogP contribution in [0.25, 0.3) is 0 Å². The Hall–Kier alpha value is -1.90. The van der Waals surface area contributed by atoms with Gasteiger partial charge in [-0.3, -0.25) is 4.79 Å². The molecule has 0 atom stereocenters. The van der Waals surface area contributed by atoms with Gasteiger partial charge in [0, 0.05) is 11.6 Å². The maximum atomic E-state index is 11.6. The van der Waals surface area contributed by atoms with Crippen molar-refractivity contribution in [2.24, 2.45) is 0 Å². The van der Waals surface area contributed by atoms with E-state index >= 15 is 0 Å².